The van der Waals surface area contributed by atoms with Gasteiger partial charge in [0.25, 0.3) is 0 Å². The number of nitrogens with zero attached hydrogens (tertiary/aromatic N) is 2. The van der Waals surface area contributed by atoms with Crippen molar-refractivity contribution in [1.82, 2.24) is 9.97 Å². The number of rotatable bonds is 3. The minimum absolute atomic E-state index is 0.00435. The van der Waals surface area contributed by atoms with E-state index in [2.05, 4.69) is 9.97 Å². The number of nitrogens with two attached hydrogens (primary N) is 1. The number of hydrogen-bond acceptors (Lipinski definition) is 4. The number of halogens is 1. The number of aryl methyl sites for hydroxylation is 1. The third kappa shape index (κ3) is 2.99. The molecular weight excluding hydrogens is 245 g/mol. The highest BCUT2D eigenvalue weighted by Crippen LogP contribution is 2.29. The molecule has 0 aliphatic rings. The van der Waals surface area contributed by atoms with Crippen LogP contribution in [-0.4, -0.2) is 9.97 Å². The molecule has 5 heteroatoms. The lowest BCUT2D eigenvalue weighted by molar-refractivity contribution is 0.425. The van der Waals surface area contributed by atoms with Crippen molar-refractivity contribution in [3.05, 3.63) is 41.6 Å². The molecule has 0 unspecified atom stereocenters. The van der Waals surface area contributed by atoms with Crippen LogP contribution < -0.4 is 10.5 Å². The van der Waals surface area contributed by atoms with E-state index in [0.29, 0.717) is 11.7 Å². The van der Waals surface area contributed by atoms with Crippen molar-refractivity contribution in [2.24, 2.45) is 0 Å². The van der Waals surface area contributed by atoms with Gasteiger partial charge in [0.2, 0.25) is 5.88 Å². The molecule has 0 bridgehead atoms. The SMILES string of the molecule is Cc1cc(Oc2c(N)cccc2F)nc(C(C)C)n1. The Morgan fingerprint density at radius 3 is 2.63 bits per heavy atom. The first-order chi connectivity index (χ1) is 8.97. The van der Waals surface area contributed by atoms with Gasteiger partial charge in [0.15, 0.2) is 11.6 Å². The molecule has 0 aliphatic carbocycles. The predicted molar refractivity (Wildman–Crippen MR) is 71.7 cm³/mol. The molecule has 0 spiro atoms. The zero-order chi connectivity index (χ0) is 14.0. The highest BCUT2D eigenvalue weighted by molar-refractivity contribution is 5.54. The molecule has 0 fully saturated rings. The van der Waals surface area contributed by atoms with E-state index in [1.165, 1.54) is 12.1 Å². The molecule has 19 heavy (non-hydrogen) atoms. The molecule has 0 saturated carbocycles. The van der Waals surface area contributed by atoms with Gasteiger partial charge >= 0.3 is 0 Å². The predicted octanol–water partition coefficient (Wildman–Crippen LogP) is 3.42. The quantitative estimate of drug-likeness (QED) is 0.860. The molecule has 1 heterocycles. The van der Waals surface area contributed by atoms with Gasteiger partial charge in [0, 0.05) is 17.7 Å². The minimum atomic E-state index is -0.512. The molecule has 0 aliphatic heterocycles. The first-order valence-corrected chi connectivity index (χ1v) is 6.05. The molecule has 0 atom stereocenters. The molecule has 2 N–H and O–H groups in total. The van der Waals surface area contributed by atoms with E-state index in [-0.39, 0.29) is 17.4 Å². The van der Waals surface area contributed by atoms with Crippen molar-refractivity contribution in [2.75, 3.05) is 5.73 Å². The van der Waals surface area contributed by atoms with E-state index in [0.717, 1.165) is 5.69 Å². The number of ether oxygens (including phenoxy) is 1. The van der Waals surface area contributed by atoms with Crippen molar-refractivity contribution < 1.29 is 9.13 Å². The average molecular weight is 261 g/mol. The average Bonchev–Trinajstić information content (AvgIpc) is 2.33. The van der Waals surface area contributed by atoms with Crippen molar-refractivity contribution in [3.8, 4) is 11.6 Å². The summed E-state index contributed by atoms with van der Waals surface area (Å²) in [6, 6.07) is 6.05. The number of nitrogen functional groups attached to an aromatic ring is 1. The van der Waals surface area contributed by atoms with Gasteiger partial charge in [0.05, 0.1) is 5.69 Å². The largest absolute Gasteiger partial charge is 0.434 e. The lowest BCUT2D eigenvalue weighted by Crippen LogP contribution is -2.02. The van der Waals surface area contributed by atoms with Crippen LogP contribution in [0, 0.1) is 12.7 Å². The van der Waals surface area contributed by atoms with Crippen molar-refractivity contribution >= 4 is 5.69 Å². The zero-order valence-electron chi connectivity index (χ0n) is 11.1. The van der Waals surface area contributed by atoms with E-state index in [9.17, 15) is 4.39 Å². The van der Waals surface area contributed by atoms with E-state index in [1.807, 2.05) is 20.8 Å². The molecule has 0 amide bonds. The fourth-order valence-electron chi connectivity index (χ4n) is 1.61. The third-order valence-electron chi connectivity index (χ3n) is 2.57. The molecular formula is C14H16FN3O. The smallest absolute Gasteiger partial charge is 0.223 e. The summed E-state index contributed by atoms with van der Waals surface area (Å²) in [5.74, 6) is 0.607. The summed E-state index contributed by atoms with van der Waals surface area (Å²) in [5.41, 5.74) is 6.70. The Balaban J connectivity index is 2.38. The van der Waals surface area contributed by atoms with Crippen LogP contribution in [0.15, 0.2) is 24.3 Å². The highest BCUT2D eigenvalue weighted by atomic mass is 19.1. The van der Waals surface area contributed by atoms with Crippen LogP contribution in [0.1, 0.15) is 31.3 Å². The lowest BCUT2D eigenvalue weighted by atomic mass is 10.2. The monoisotopic (exact) mass is 261 g/mol. The summed E-state index contributed by atoms with van der Waals surface area (Å²) in [4.78, 5) is 8.56. The maximum absolute atomic E-state index is 13.6. The van der Waals surface area contributed by atoms with Crippen molar-refractivity contribution in [1.29, 1.82) is 0 Å². The van der Waals surface area contributed by atoms with Gasteiger partial charge < -0.3 is 10.5 Å². The third-order valence-corrected chi connectivity index (χ3v) is 2.57. The van der Waals surface area contributed by atoms with Crippen molar-refractivity contribution in [3.63, 3.8) is 0 Å². The molecule has 2 rings (SSSR count). The summed E-state index contributed by atoms with van der Waals surface area (Å²) in [7, 11) is 0. The topological polar surface area (TPSA) is 61.0 Å². The van der Waals surface area contributed by atoms with Crippen LogP contribution in [0.25, 0.3) is 0 Å². The van der Waals surface area contributed by atoms with Crippen LogP contribution in [0.5, 0.6) is 11.6 Å². The molecule has 0 radical (unpaired) electrons. The second kappa shape index (κ2) is 5.22. The van der Waals surface area contributed by atoms with Gasteiger partial charge in [0.1, 0.15) is 5.82 Å². The summed E-state index contributed by atoms with van der Waals surface area (Å²) in [6.45, 7) is 5.80. The van der Waals surface area contributed by atoms with Gasteiger partial charge in [-0.1, -0.05) is 19.9 Å². The number of anilines is 1. The normalized spacial score (nSPS) is 10.8. The fraction of sp³-hybridized carbons (Fsp3) is 0.286. The van der Waals surface area contributed by atoms with Gasteiger partial charge in [-0.15, -0.1) is 0 Å². The second-order valence-corrected chi connectivity index (χ2v) is 4.62. The summed E-state index contributed by atoms with van der Waals surface area (Å²) in [6.07, 6.45) is 0. The Morgan fingerprint density at radius 2 is 2.00 bits per heavy atom. The standard InChI is InChI=1S/C14H16FN3O/c1-8(2)14-17-9(3)7-12(18-14)19-13-10(15)5-4-6-11(13)16/h4-8H,16H2,1-3H3. The Hall–Kier alpha value is -2.17. The maximum atomic E-state index is 13.6. The lowest BCUT2D eigenvalue weighted by Gasteiger charge is -2.11. The van der Waals surface area contributed by atoms with Gasteiger partial charge in [-0.2, -0.15) is 4.98 Å². The molecule has 100 valence electrons. The molecule has 1 aromatic carbocycles. The van der Waals surface area contributed by atoms with Crippen LogP contribution in [-0.2, 0) is 0 Å². The van der Waals surface area contributed by atoms with E-state index < -0.39 is 5.82 Å². The van der Waals surface area contributed by atoms with E-state index in [4.69, 9.17) is 10.5 Å². The first kappa shape index (κ1) is 13.3. The number of aromatic nitrogens is 2. The first-order valence-electron chi connectivity index (χ1n) is 6.05. The summed E-state index contributed by atoms with van der Waals surface area (Å²) >= 11 is 0. The number of benzene rings is 1. The molecule has 0 saturated heterocycles. The minimum Gasteiger partial charge on any atom is -0.434 e. The van der Waals surface area contributed by atoms with Crippen LogP contribution in [0.4, 0.5) is 10.1 Å². The Bertz CT molecular complexity index is 579. The summed E-state index contributed by atoms with van der Waals surface area (Å²) in [5, 5.41) is 0. The van der Waals surface area contributed by atoms with Crippen molar-refractivity contribution in [2.45, 2.75) is 26.7 Å². The van der Waals surface area contributed by atoms with Crippen LogP contribution >= 0.6 is 0 Å². The Labute approximate surface area is 111 Å². The van der Waals surface area contributed by atoms with Gasteiger partial charge in [-0.25, -0.2) is 9.37 Å². The molecule has 4 nitrogen and oxygen atoms in total. The van der Waals surface area contributed by atoms with Crippen LogP contribution in [0.3, 0.4) is 0 Å². The van der Waals surface area contributed by atoms with Crippen LogP contribution in [0.2, 0.25) is 0 Å². The Kier molecular flexibility index (Phi) is 3.64. The zero-order valence-corrected chi connectivity index (χ0v) is 11.1. The number of para-hydroxylation sites is 1. The summed E-state index contributed by atoms with van der Waals surface area (Å²) < 4.78 is 19.1. The number of hydrogen-bond donors (Lipinski definition) is 1. The van der Waals surface area contributed by atoms with E-state index in [1.54, 1.807) is 12.1 Å². The van der Waals surface area contributed by atoms with E-state index >= 15 is 0 Å². The molecule has 2 aromatic rings. The maximum Gasteiger partial charge on any atom is 0.223 e. The van der Waals surface area contributed by atoms with Gasteiger partial charge in [-0.05, 0) is 19.1 Å². The van der Waals surface area contributed by atoms with Gasteiger partial charge in [-0.3, -0.25) is 0 Å². The molecule has 1 aromatic heterocycles. The second-order valence-electron chi connectivity index (χ2n) is 4.62. The Morgan fingerprint density at radius 1 is 1.26 bits per heavy atom. The fourth-order valence-corrected chi connectivity index (χ4v) is 1.61. The highest BCUT2D eigenvalue weighted by Gasteiger charge is 2.12.